The van der Waals surface area contributed by atoms with Gasteiger partial charge in [-0.25, -0.2) is 17.9 Å². The van der Waals surface area contributed by atoms with Gasteiger partial charge in [0.1, 0.15) is 0 Å². The van der Waals surface area contributed by atoms with Crippen molar-refractivity contribution in [2.75, 3.05) is 13.7 Å². The highest BCUT2D eigenvalue weighted by Gasteiger charge is 2.11. The van der Waals surface area contributed by atoms with E-state index in [-0.39, 0.29) is 10.9 Å². The monoisotopic (exact) mass is 319 g/mol. The normalized spacial score (nSPS) is 11.2. The highest BCUT2D eigenvalue weighted by atomic mass is 32.2. The van der Waals surface area contributed by atoms with Gasteiger partial charge in [-0.3, -0.25) is 0 Å². The Morgan fingerprint density at radius 3 is 1.95 bits per heavy atom. The number of hydrogen-bond donors (Lipinski definition) is 1. The van der Waals surface area contributed by atoms with Gasteiger partial charge < -0.3 is 4.74 Å². The van der Waals surface area contributed by atoms with E-state index in [0.29, 0.717) is 12.2 Å². The molecular weight excluding hydrogens is 302 g/mol. The maximum Gasteiger partial charge on any atom is 0.338 e. The van der Waals surface area contributed by atoms with Crippen LogP contribution in [0.4, 0.5) is 0 Å². The van der Waals surface area contributed by atoms with E-state index in [1.807, 2.05) is 0 Å². The summed E-state index contributed by atoms with van der Waals surface area (Å²) >= 11 is 0. The maximum absolute atomic E-state index is 11.7. The zero-order valence-corrected chi connectivity index (χ0v) is 13.2. The van der Waals surface area contributed by atoms with Crippen LogP contribution in [0, 0.1) is 0 Å². The Kier molecular flexibility index (Phi) is 4.95. The number of rotatable bonds is 5. The molecule has 5 nitrogen and oxygen atoms in total. The molecule has 0 aromatic heterocycles. The Labute approximate surface area is 130 Å². The Morgan fingerprint density at radius 1 is 1.00 bits per heavy atom. The fourth-order valence-electron chi connectivity index (χ4n) is 1.96. The van der Waals surface area contributed by atoms with Crippen molar-refractivity contribution in [2.45, 2.75) is 11.8 Å². The van der Waals surface area contributed by atoms with E-state index in [0.717, 1.165) is 11.1 Å². The predicted octanol–water partition coefficient (Wildman–Crippen LogP) is 2.44. The van der Waals surface area contributed by atoms with E-state index in [4.69, 9.17) is 4.74 Å². The minimum atomic E-state index is -3.43. The van der Waals surface area contributed by atoms with E-state index in [1.165, 1.54) is 7.05 Å². The summed E-state index contributed by atoms with van der Waals surface area (Å²) in [4.78, 5) is 11.8. The van der Waals surface area contributed by atoms with E-state index >= 15 is 0 Å². The molecule has 2 aromatic carbocycles. The van der Waals surface area contributed by atoms with Crippen LogP contribution in [-0.4, -0.2) is 28.0 Å². The van der Waals surface area contributed by atoms with Gasteiger partial charge in [0.2, 0.25) is 10.0 Å². The molecule has 2 rings (SSSR count). The number of carbonyl (C=O) groups excluding carboxylic acids is 1. The molecular formula is C16H17NO4S. The lowest BCUT2D eigenvalue weighted by Crippen LogP contribution is -2.18. The molecule has 0 saturated heterocycles. The smallest absolute Gasteiger partial charge is 0.338 e. The molecule has 0 saturated carbocycles. The first-order valence-corrected chi connectivity index (χ1v) is 8.27. The van der Waals surface area contributed by atoms with Crippen LogP contribution < -0.4 is 4.72 Å². The fraction of sp³-hybridized carbons (Fsp3) is 0.188. The molecule has 22 heavy (non-hydrogen) atoms. The first-order chi connectivity index (χ1) is 10.5. The first kappa shape index (κ1) is 16.2. The summed E-state index contributed by atoms with van der Waals surface area (Å²) in [5.41, 5.74) is 2.24. The van der Waals surface area contributed by atoms with Crippen LogP contribution in [0.25, 0.3) is 11.1 Å². The third-order valence-corrected chi connectivity index (χ3v) is 4.59. The van der Waals surface area contributed by atoms with Gasteiger partial charge >= 0.3 is 5.97 Å². The van der Waals surface area contributed by atoms with Gasteiger partial charge in [-0.2, -0.15) is 0 Å². The van der Waals surface area contributed by atoms with Gasteiger partial charge in [0.25, 0.3) is 0 Å². The van der Waals surface area contributed by atoms with Crippen molar-refractivity contribution in [3.8, 4) is 11.1 Å². The molecule has 0 radical (unpaired) electrons. The molecule has 0 unspecified atom stereocenters. The van der Waals surface area contributed by atoms with Crippen molar-refractivity contribution in [3.05, 3.63) is 54.1 Å². The Morgan fingerprint density at radius 2 is 1.50 bits per heavy atom. The van der Waals surface area contributed by atoms with Gasteiger partial charge in [-0.1, -0.05) is 24.3 Å². The van der Waals surface area contributed by atoms with Crippen LogP contribution in [0.3, 0.4) is 0 Å². The third-order valence-electron chi connectivity index (χ3n) is 3.16. The topological polar surface area (TPSA) is 72.5 Å². The average molecular weight is 319 g/mol. The van der Waals surface area contributed by atoms with Crippen molar-refractivity contribution in [1.82, 2.24) is 4.72 Å². The average Bonchev–Trinajstić information content (AvgIpc) is 2.55. The summed E-state index contributed by atoms with van der Waals surface area (Å²) < 4.78 is 30.5. The molecule has 6 heteroatoms. The van der Waals surface area contributed by atoms with Crippen LogP contribution in [-0.2, 0) is 14.8 Å². The highest BCUT2D eigenvalue weighted by molar-refractivity contribution is 7.89. The number of sulfonamides is 1. The minimum Gasteiger partial charge on any atom is -0.462 e. The van der Waals surface area contributed by atoms with Crippen molar-refractivity contribution < 1.29 is 17.9 Å². The molecule has 0 fully saturated rings. The molecule has 0 aliphatic heterocycles. The number of nitrogens with one attached hydrogen (secondary N) is 1. The van der Waals surface area contributed by atoms with E-state index in [2.05, 4.69) is 4.72 Å². The molecule has 0 aliphatic carbocycles. The van der Waals surface area contributed by atoms with Crippen molar-refractivity contribution >= 4 is 16.0 Å². The summed E-state index contributed by atoms with van der Waals surface area (Å²) in [6.07, 6.45) is 0. The summed E-state index contributed by atoms with van der Waals surface area (Å²) in [5.74, 6) is -0.357. The number of esters is 1. The molecule has 0 amide bonds. The minimum absolute atomic E-state index is 0.210. The quantitative estimate of drug-likeness (QED) is 0.859. The van der Waals surface area contributed by atoms with Crippen LogP contribution in [0.1, 0.15) is 17.3 Å². The fourth-order valence-corrected chi connectivity index (χ4v) is 2.69. The van der Waals surface area contributed by atoms with Gasteiger partial charge in [0, 0.05) is 0 Å². The second kappa shape index (κ2) is 6.72. The second-order valence-corrected chi connectivity index (χ2v) is 6.42. The Bertz CT molecular complexity index is 750. The molecule has 1 N–H and O–H groups in total. The third kappa shape index (κ3) is 3.52. The molecule has 0 bridgehead atoms. The molecule has 0 spiro atoms. The van der Waals surface area contributed by atoms with Crippen LogP contribution in [0.15, 0.2) is 53.4 Å². The zero-order chi connectivity index (χ0) is 16.2. The van der Waals surface area contributed by atoms with E-state index in [1.54, 1.807) is 55.5 Å². The number of ether oxygens (including phenoxy) is 1. The zero-order valence-electron chi connectivity index (χ0n) is 12.4. The lowest BCUT2D eigenvalue weighted by molar-refractivity contribution is 0.0526. The number of benzene rings is 2. The molecule has 2 aromatic rings. The molecule has 0 heterocycles. The summed E-state index contributed by atoms with van der Waals surface area (Å²) in [6.45, 7) is 2.09. The first-order valence-electron chi connectivity index (χ1n) is 6.79. The van der Waals surface area contributed by atoms with E-state index in [9.17, 15) is 13.2 Å². The second-order valence-electron chi connectivity index (χ2n) is 4.53. The highest BCUT2D eigenvalue weighted by Crippen LogP contribution is 2.22. The summed E-state index contributed by atoms with van der Waals surface area (Å²) in [7, 11) is -2.06. The lowest BCUT2D eigenvalue weighted by atomic mass is 10.0. The largest absolute Gasteiger partial charge is 0.462 e. The van der Waals surface area contributed by atoms with Gasteiger partial charge in [-0.15, -0.1) is 0 Å². The van der Waals surface area contributed by atoms with Crippen molar-refractivity contribution in [1.29, 1.82) is 0 Å². The van der Waals surface area contributed by atoms with Crippen LogP contribution in [0.5, 0.6) is 0 Å². The number of carbonyl (C=O) groups is 1. The summed E-state index contributed by atoms with van der Waals surface area (Å²) in [5, 5.41) is 0. The van der Waals surface area contributed by atoms with Crippen LogP contribution >= 0.6 is 0 Å². The van der Waals surface area contributed by atoms with E-state index < -0.39 is 10.0 Å². The van der Waals surface area contributed by atoms with Crippen molar-refractivity contribution in [3.63, 3.8) is 0 Å². The molecule has 0 aliphatic rings. The van der Waals surface area contributed by atoms with Crippen LogP contribution in [0.2, 0.25) is 0 Å². The standard InChI is InChI=1S/C16H17NO4S/c1-3-21-16(18)14-6-4-12(5-7-14)13-8-10-15(11-9-13)22(19,20)17-2/h4-11,17H,3H2,1-2H3. The maximum atomic E-state index is 11.7. The number of hydrogen-bond acceptors (Lipinski definition) is 4. The Hall–Kier alpha value is -2.18. The Balaban J connectivity index is 2.24. The van der Waals surface area contributed by atoms with Gasteiger partial charge in [-0.05, 0) is 49.4 Å². The van der Waals surface area contributed by atoms with Gasteiger partial charge in [0.05, 0.1) is 17.1 Å². The van der Waals surface area contributed by atoms with Gasteiger partial charge in [0.15, 0.2) is 0 Å². The molecule has 0 atom stereocenters. The lowest BCUT2D eigenvalue weighted by Gasteiger charge is -2.06. The predicted molar refractivity (Wildman–Crippen MR) is 84.1 cm³/mol. The summed E-state index contributed by atoms with van der Waals surface area (Å²) in [6, 6.07) is 13.5. The SMILES string of the molecule is CCOC(=O)c1ccc(-c2ccc(S(=O)(=O)NC)cc2)cc1. The molecule has 116 valence electrons. The van der Waals surface area contributed by atoms with Crippen molar-refractivity contribution in [2.24, 2.45) is 0 Å².